The van der Waals surface area contributed by atoms with Gasteiger partial charge in [-0.15, -0.1) is 0 Å². The van der Waals surface area contributed by atoms with Gasteiger partial charge in [0.25, 0.3) is 0 Å². The highest BCUT2D eigenvalue weighted by molar-refractivity contribution is 5.74. The third kappa shape index (κ3) is 4.56. The summed E-state index contributed by atoms with van der Waals surface area (Å²) >= 11 is 0. The van der Waals surface area contributed by atoms with Crippen LogP contribution in [0, 0.1) is 6.92 Å². The van der Waals surface area contributed by atoms with Crippen LogP contribution in [-0.2, 0) is 4.79 Å². The van der Waals surface area contributed by atoms with E-state index in [0.717, 1.165) is 25.2 Å². The van der Waals surface area contributed by atoms with Gasteiger partial charge >= 0.3 is 5.97 Å². The first-order chi connectivity index (χ1) is 9.10. The fourth-order valence-corrected chi connectivity index (χ4v) is 2.08. The second-order valence-electron chi connectivity index (χ2n) is 4.67. The van der Waals surface area contributed by atoms with E-state index in [9.17, 15) is 9.90 Å². The Hall–Kier alpha value is -1.55. The Kier molecular flexibility index (Phi) is 6.36. The molecule has 1 aromatic rings. The molecular formula is C15H24N2O2. The van der Waals surface area contributed by atoms with Crippen molar-refractivity contribution in [2.75, 3.05) is 24.5 Å². The molecule has 1 atom stereocenters. The van der Waals surface area contributed by atoms with Crippen LogP contribution < -0.4 is 10.2 Å². The fraction of sp³-hybridized carbons (Fsp3) is 0.533. The molecule has 1 aromatic carbocycles. The van der Waals surface area contributed by atoms with Crippen molar-refractivity contribution in [3.63, 3.8) is 0 Å². The van der Waals surface area contributed by atoms with Gasteiger partial charge in [-0.25, -0.2) is 0 Å². The Bertz CT molecular complexity index is 407. The Morgan fingerprint density at radius 2 is 2.05 bits per heavy atom. The van der Waals surface area contributed by atoms with Crippen LogP contribution in [0.1, 0.15) is 25.8 Å². The summed E-state index contributed by atoms with van der Waals surface area (Å²) in [4.78, 5) is 13.4. The number of hydrogen-bond donors (Lipinski definition) is 2. The first-order valence-electron chi connectivity index (χ1n) is 6.86. The van der Waals surface area contributed by atoms with Crippen LogP contribution >= 0.6 is 0 Å². The van der Waals surface area contributed by atoms with E-state index < -0.39 is 12.0 Å². The molecule has 0 amide bonds. The SMILES string of the molecule is CCCNC(CN(CC)c1ccccc1C)C(=O)O. The fourth-order valence-electron chi connectivity index (χ4n) is 2.08. The topological polar surface area (TPSA) is 52.6 Å². The zero-order valence-corrected chi connectivity index (χ0v) is 12.0. The quantitative estimate of drug-likeness (QED) is 0.756. The van der Waals surface area contributed by atoms with Crippen LogP contribution in [-0.4, -0.2) is 36.8 Å². The molecule has 0 aliphatic heterocycles. The molecule has 0 aliphatic rings. The van der Waals surface area contributed by atoms with Gasteiger partial charge in [0, 0.05) is 18.8 Å². The zero-order valence-electron chi connectivity index (χ0n) is 12.0. The van der Waals surface area contributed by atoms with Gasteiger partial charge in [-0.05, 0) is 38.4 Å². The van der Waals surface area contributed by atoms with Crippen molar-refractivity contribution >= 4 is 11.7 Å². The molecule has 1 rings (SSSR count). The second kappa shape index (κ2) is 7.79. The number of aryl methyl sites for hydroxylation is 1. The Labute approximate surface area is 115 Å². The van der Waals surface area contributed by atoms with Crippen molar-refractivity contribution < 1.29 is 9.90 Å². The van der Waals surface area contributed by atoms with Crippen molar-refractivity contribution in [3.8, 4) is 0 Å². The number of rotatable bonds is 8. The molecule has 4 heteroatoms. The predicted octanol–water partition coefficient (Wildman–Crippen LogP) is 2.27. The van der Waals surface area contributed by atoms with Crippen LogP contribution in [0.3, 0.4) is 0 Å². The molecule has 19 heavy (non-hydrogen) atoms. The first-order valence-corrected chi connectivity index (χ1v) is 6.86. The van der Waals surface area contributed by atoms with Crippen molar-refractivity contribution in [3.05, 3.63) is 29.8 Å². The summed E-state index contributed by atoms with van der Waals surface area (Å²) < 4.78 is 0. The van der Waals surface area contributed by atoms with Crippen molar-refractivity contribution in [2.24, 2.45) is 0 Å². The number of para-hydroxylation sites is 1. The molecule has 0 radical (unpaired) electrons. The van der Waals surface area contributed by atoms with E-state index in [0.29, 0.717) is 6.54 Å². The summed E-state index contributed by atoms with van der Waals surface area (Å²) in [6.07, 6.45) is 0.931. The maximum Gasteiger partial charge on any atom is 0.322 e. The molecule has 106 valence electrons. The van der Waals surface area contributed by atoms with E-state index in [1.807, 2.05) is 45.0 Å². The van der Waals surface area contributed by atoms with Gasteiger partial charge in [-0.1, -0.05) is 25.1 Å². The van der Waals surface area contributed by atoms with Crippen LogP contribution in [0.2, 0.25) is 0 Å². The largest absolute Gasteiger partial charge is 0.480 e. The average Bonchev–Trinajstić information content (AvgIpc) is 2.40. The van der Waals surface area contributed by atoms with Crippen molar-refractivity contribution in [2.45, 2.75) is 33.2 Å². The number of nitrogens with one attached hydrogen (secondary N) is 1. The molecule has 0 bridgehead atoms. The minimum absolute atomic E-state index is 0.483. The Morgan fingerprint density at radius 3 is 2.58 bits per heavy atom. The molecule has 4 nitrogen and oxygen atoms in total. The lowest BCUT2D eigenvalue weighted by atomic mass is 10.1. The zero-order chi connectivity index (χ0) is 14.3. The second-order valence-corrected chi connectivity index (χ2v) is 4.67. The average molecular weight is 264 g/mol. The summed E-state index contributed by atoms with van der Waals surface area (Å²) in [5.74, 6) is -0.791. The van der Waals surface area contributed by atoms with Gasteiger partial charge in [-0.2, -0.15) is 0 Å². The van der Waals surface area contributed by atoms with E-state index in [-0.39, 0.29) is 0 Å². The Morgan fingerprint density at radius 1 is 1.37 bits per heavy atom. The molecule has 0 aromatic heterocycles. The van der Waals surface area contributed by atoms with Gasteiger partial charge in [-0.3, -0.25) is 4.79 Å². The third-order valence-corrected chi connectivity index (χ3v) is 3.18. The number of nitrogens with zero attached hydrogens (tertiary/aromatic N) is 1. The third-order valence-electron chi connectivity index (χ3n) is 3.18. The maximum absolute atomic E-state index is 11.3. The van der Waals surface area contributed by atoms with E-state index in [1.165, 1.54) is 5.56 Å². The number of hydrogen-bond acceptors (Lipinski definition) is 3. The summed E-state index contributed by atoms with van der Waals surface area (Å²) in [6.45, 7) is 8.13. The van der Waals surface area contributed by atoms with E-state index in [1.54, 1.807) is 0 Å². The lowest BCUT2D eigenvalue weighted by Crippen LogP contribution is -2.46. The van der Waals surface area contributed by atoms with Gasteiger partial charge in [0.2, 0.25) is 0 Å². The molecule has 1 unspecified atom stereocenters. The monoisotopic (exact) mass is 264 g/mol. The number of benzene rings is 1. The predicted molar refractivity (Wildman–Crippen MR) is 78.8 cm³/mol. The molecule has 0 saturated heterocycles. The lowest BCUT2D eigenvalue weighted by molar-refractivity contribution is -0.139. The van der Waals surface area contributed by atoms with Crippen LogP contribution in [0.4, 0.5) is 5.69 Å². The number of anilines is 1. The van der Waals surface area contributed by atoms with E-state index in [4.69, 9.17) is 0 Å². The number of carboxylic acids is 1. The van der Waals surface area contributed by atoms with Gasteiger partial charge in [0.1, 0.15) is 6.04 Å². The Balaban J connectivity index is 2.79. The van der Waals surface area contributed by atoms with E-state index in [2.05, 4.69) is 10.2 Å². The normalized spacial score (nSPS) is 12.2. The summed E-state index contributed by atoms with van der Waals surface area (Å²) in [6, 6.07) is 7.54. The van der Waals surface area contributed by atoms with Crippen molar-refractivity contribution in [1.29, 1.82) is 0 Å². The maximum atomic E-state index is 11.3. The molecular weight excluding hydrogens is 240 g/mol. The number of aliphatic carboxylic acids is 1. The summed E-state index contributed by atoms with van der Waals surface area (Å²) in [5.41, 5.74) is 2.28. The van der Waals surface area contributed by atoms with Crippen LogP contribution in [0.25, 0.3) is 0 Å². The standard InChI is InChI=1S/C15H24N2O2/c1-4-10-16-13(15(18)19)11-17(5-2)14-9-7-6-8-12(14)3/h6-9,13,16H,4-5,10-11H2,1-3H3,(H,18,19). The van der Waals surface area contributed by atoms with Crippen molar-refractivity contribution in [1.82, 2.24) is 5.32 Å². The van der Waals surface area contributed by atoms with Gasteiger partial charge in [0.05, 0.1) is 0 Å². The highest BCUT2D eigenvalue weighted by Gasteiger charge is 2.20. The molecule has 2 N–H and O–H groups in total. The highest BCUT2D eigenvalue weighted by atomic mass is 16.4. The van der Waals surface area contributed by atoms with E-state index >= 15 is 0 Å². The summed E-state index contributed by atoms with van der Waals surface area (Å²) in [7, 11) is 0. The molecule has 0 fully saturated rings. The number of likely N-dealkylation sites (N-methyl/N-ethyl adjacent to an activating group) is 1. The number of carboxylic acid groups (broad SMARTS) is 1. The molecule has 0 saturated carbocycles. The summed E-state index contributed by atoms with van der Waals surface area (Å²) in [5, 5.41) is 12.4. The lowest BCUT2D eigenvalue weighted by Gasteiger charge is -2.28. The highest BCUT2D eigenvalue weighted by Crippen LogP contribution is 2.19. The molecule has 0 aliphatic carbocycles. The molecule has 0 spiro atoms. The minimum Gasteiger partial charge on any atom is -0.480 e. The smallest absolute Gasteiger partial charge is 0.322 e. The van der Waals surface area contributed by atoms with Gasteiger partial charge < -0.3 is 15.3 Å². The van der Waals surface area contributed by atoms with Crippen LogP contribution in [0.15, 0.2) is 24.3 Å². The van der Waals surface area contributed by atoms with Gasteiger partial charge in [0.15, 0.2) is 0 Å². The van der Waals surface area contributed by atoms with Crippen LogP contribution in [0.5, 0.6) is 0 Å². The minimum atomic E-state index is -0.791. The molecule has 0 heterocycles. The number of carbonyl (C=O) groups is 1. The first kappa shape index (κ1) is 15.5.